The maximum atomic E-state index is 14.1. The average Bonchev–Trinajstić information content (AvgIpc) is 3.35. The molecule has 1 amide bonds. The molecule has 7 nitrogen and oxygen atoms in total. The monoisotopic (exact) mass is 412 g/mol. The smallest absolute Gasteiger partial charge is 0.262 e. The van der Waals surface area contributed by atoms with Crippen LogP contribution in [0.3, 0.4) is 0 Å². The molecule has 0 unspecified atom stereocenters. The summed E-state index contributed by atoms with van der Waals surface area (Å²) in [5.74, 6) is -2.71. The molecule has 3 aromatic heterocycles. The van der Waals surface area contributed by atoms with Crippen molar-refractivity contribution in [2.24, 2.45) is 0 Å². The number of aryl methyl sites for hydroxylation is 2. The van der Waals surface area contributed by atoms with Crippen molar-refractivity contribution in [3.05, 3.63) is 70.8 Å². The van der Waals surface area contributed by atoms with E-state index in [9.17, 15) is 13.6 Å². The molecule has 0 aliphatic rings. The van der Waals surface area contributed by atoms with Crippen molar-refractivity contribution in [3.8, 4) is 16.4 Å². The number of rotatable bonds is 4. The van der Waals surface area contributed by atoms with Gasteiger partial charge in [0.05, 0.1) is 23.8 Å². The van der Waals surface area contributed by atoms with E-state index in [-0.39, 0.29) is 11.4 Å². The van der Waals surface area contributed by atoms with Gasteiger partial charge in [0.15, 0.2) is 5.82 Å². The summed E-state index contributed by atoms with van der Waals surface area (Å²) in [4.78, 5) is 24.9. The molecule has 1 aromatic carbocycles. The van der Waals surface area contributed by atoms with Crippen LogP contribution in [0.25, 0.3) is 16.4 Å². The minimum atomic E-state index is -0.944. The Kier molecular flexibility index (Phi) is 4.85. The first kappa shape index (κ1) is 18.8. The maximum absolute atomic E-state index is 14.1. The molecule has 0 aliphatic carbocycles. The van der Waals surface area contributed by atoms with Crippen LogP contribution in [0, 0.1) is 25.5 Å². The summed E-state index contributed by atoms with van der Waals surface area (Å²) in [6, 6.07) is 2.31. The van der Waals surface area contributed by atoms with Crippen molar-refractivity contribution in [3.63, 3.8) is 0 Å². The highest BCUT2D eigenvalue weighted by Gasteiger charge is 2.20. The molecule has 1 N–H and O–H groups in total. The number of carbonyl (C=O) groups is 1. The first-order valence-electron chi connectivity index (χ1n) is 8.48. The summed E-state index contributed by atoms with van der Waals surface area (Å²) >= 11 is 1.45. The van der Waals surface area contributed by atoms with Gasteiger partial charge in [0.2, 0.25) is 5.13 Å². The van der Waals surface area contributed by atoms with Crippen LogP contribution < -0.4 is 5.32 Å². The third kappa shape index (κ3) is 3.61. The van der Waals surface area contributed by atoms with Crippen molar-refractivity contribution in [2.45, 2.75) is 13.8 Å². The topological polar surface area (TPSA) is 85.6 Å². The number of hydrogen-bond donors (Lipinski definition) is 1. The quantitative estimate of drug-likeness (QED) is 0.549. The molecule has 3 heterocycles. The summed E-state index contributed by atoms with van der Waals surface area (Å²) in [5.41, 5.74) is 1.54. The number of amides is 1. The van der Waals surface area contributed by atoms with E-state index >= 15 is 0 Å². The number of halogens is 2. The SMILES string of the molecule is Cc1ccc(F)c(C(=O)Nc2cnc(-c3cn(-c4nccs4)nc3C)cn2)c1F. The highest BCUT2D eigenvalue weighted by Crippen LogP contribution is 2.23. The molecule has 0 fully saturated rings. The molecule has 0 atom stereocenters. The van der Waals surface area contributed by atoms with E-state index in [0.29, 0.717) is 5.69 Å². The Hall–Kier alpha value is -3.53. The van der Waals surface area contributed by atoms with Crippen LogP contribution >= 0.6 is 11.3 Å². The van der Waals surface area contributed by atoms with Crippen molar-refractivity contribution in [1.29, 1.82) is 0 Å². The molecule has 0 saturated carbocycles. The third-order valence-electron chi connectivity index (χ3n) is 4.19. The summed E-state index contributed by atoms with van der Waals surface area (Å²) in [7, 11) is 0. The van der Waals surface area contributed by atoms with Crippen LogP contribution in [0.5, 0.6) is 0 Å². The molecular formula is C19H14F2N6OS. The van der Waals surface area contributed by atoms with Crippen molar-refractivity contribution in [2.75, 3.05) is 5.32 Å². The van der Waals surface area contributed by atoms with E-state index in [1.807, 2.05) is 12.3 Å². The number of benzene rings is 1. The Morgan fingerprint density at radius 1 is 1.14 bits per heavy atom. The molecule has 0 spiro atoms. The normalized spacial score (nSPS) is 10.9. The highest BCUT2D eigenvalue weighted by molar-refractivity contribution is 7.12. The lowest BCUT2D eigenvalue weighted by molar-refractivity contribution is 0.101. The molecular weight excluding hydrogens is 398 g/mol. The minimum Gasteiger partial charge on any atom is -0.305 e. The lowest BCUT2D eigenvalue weighted by atomic mass is 10.1. The van der Waals surface area contributed by atoms with Gasteiger partial charge in [0.25, 0.3) is 5.91 Å². The van der Waals surface area contributed by atoms with Gasteiger partial charge in [-0.15, -0.1) is 11.3 Å². The molecule has 4 rings (SSSR count). The van der Waals surface area contributed by atoms with Gasteiger partial charge in [-0.2, -0.15) is 5.10 Å². The van der Waals surface area contributed by atoms with E-state index in [1.165, 1.54) is 36.7 Å². The number of hydrogen-bond acceptors (Lipinski definition) is 6. The van der Waals surface area contributed by atoms with Crippen LogP contribution in [-0.4, -0.2) is 30.6 Å². The van der Waals surface area contributed by atoms with Crippen LogP contribution in [-0.2, 0) is 0 Å². The molecule has 0 aliphatic heterocycles. The predicted molar refractivity (Wildman–Crippen MR) is 104 cm³/mol. The molecule has 29 heavy (non-hydrogen) atoms. The number of nitrogens with one attached hydrogen (secondary N) is 1. The standard InChI is InChI=1S/C19H14F2N6OS/c1-10-3-4-13(20)16(17(10)21)18(28)25-15-8-23-14(7-24-15)12-9-27(26-11(12)2)19-22-5-6-29-19/h3-9H,1-2H3,(H,24,25,28). The Bertz CT molecular complexity index is 1190. The van der Waals surface area contributed by atoms with Crippen molar-refractivity contribution < 1.29 is 13.6 Å². The second kappa shape index (κ2) is 7.47. The zero-order chi connectivity index (χ0) is 20.5. The molecule has 0 saturated heterocycles. The number of nitrogens with zero attached hydrogens (tertiary/aromatic N) is 5. The van der Waals surface area contributed by atoms with Crippen molar-refractivity contribution >= 4 is 23.1 Å². The number of thiazole rings is 1. The fourth-order valence-electron chi connectivity index (χ4n) is 2.71. The molecule has 146 valence electrons. The Morgan fingerprint density at radius 3 is 2.66 bits per heavy atom. The number of anilines is 1. The maximum Gasteiger partial charge on any atom is 0.262 e. The summed E-state index contributed by atoms with van der Waals surface area (Å²) in [6.45, 7) is 3.29. The fraction of sp³-hybridized carbons (Fsp3) is 0.105. The predicted octanol–water partition coefficient (Wildman–Crippen LogP) is 3.93. The number of carbonyl (C=O) groups excluding carboxylic acids is 1. The second-order valence-corrected chi connectivity index (χ2v) is 7.05. The Labute approximate surface area is 168 Å². The lowest BCUT2D eigenvalue weighted by Crippen LogP contribution is -2.17. The third-order valence-corrected chi connectivity index (χ3v) is 4.96. The van der Waals surface area contributed by atoms with E-state index in [1.54, 1.807) is 17.1 Å². The van der Waals surface area contributed by atoms with Gasteiger partial charge in [-0.05, 0) is 25.5 Å². The highest BCUT2D eigenvalue weighted by atomic mass is 32.1. The summed E-state index contributed by atoms with van der Waals surface area (Å²) < 4.78 is 29.6. The van der Waals surface area contributed by atoms with Crippen LogP contribution in [0.4, 0.5) is 14.6 Å². The molecule has 4 aromatic rings. The first-order chi connectivity index (χ1) is 13.9. The van der Waals surface area contributed by atoms with Crippen LogP contribution in [0.2, 0.25) is 0 Å². The molecule has 0 bridgehead atoms. The zero-order valence-corrected chi connectivity index (χ0v) is 16.2. The lowest BCUT2D eigenvalue weighted by Gasteiger charge is -2.08. The number of aromatic nitrogens is 5. The molecule has 0 radical (unpaired) electrons. The van der Waals surface area contributed by atoms with Crippen LogP contribution in [0.1, 0.15) is 21.6 Å². The minimum absolute atomic E-state index is 0.0732. The van der Waals surface area contributed by atoms with Gasteiger partial charge in [0, 0.05) is 23.3 Å². The Balaban J connectivity index is 1.56. The van der Waals surface area contributed by atoms with Gasteiger partial charge in [-0.25, -0.2) is 23.4 Å². The van der Waals surface area contributed by atoms with E-state index in [4.69, 9.17) is 0 Å². The van der Waals surface area contributed by atoms with E-state index in [0.717, 1.165) is 22.5 Å². The van der Waals surface area contributed by atoms with Gasteiger partial charge >= 0.3 is 0 Å². The van der Waals surface area contributed by atoms with Crippen molar-refractivity contribution in [1.82, 2.24) is 24.7 Å². The average molecular weight is 412 g/mol. The Morgan fingerprint density at radius 2 is 1.97 bits per heavy atom. The largest absolute Gasteiger partial charge is 0.305 e. The second-order valence-electron chi connectivity index (χ2n) is 6.18. The van der Waals surface area contributed by atoms with Gasteiger partial charge in [-0.3, -0.25) is 9.78 Å². The van der Waals surface area contributed by atoms with Gasteiger partial charge in [0.1, 0.15) is 17.2 Å². The van der Waals surface area contributed by atoms with E-state index in [2.05, 4.69) is 25.4 Å². The first-order valence-corrected chi connectivity index (χ1v) is 9.36. The van der Waals surface area contributed by atoms with E-state index < -0.39 is 23.1 Å². The zero-order valence-electron chi connectivity index (χ0n) is 15.3. The molecule has 10 heteroatoms. The van der Waals surface area contributed by atoms with Gasteiger partial charge < -0.3 is 5.32 Å². The summed E-state index contributed by atoms with van der Waals surface area (Å²) in [6.07, 6.45) is 6.25. The summed E-state index contributed by atoms with van der Waals surface area (Å²) in [5, 5.41) is 9.35. The van der Waals surface area contributed by atoms with Gasteiger partial charge in [-0.1, -0.05) is 6.07 Å². The fourth-order valence-corrected chi connectivity index (χ4v) is 3.28. The van der Waals surface area contributed by atoms with Crippen LogP contribution in [0.15, 0.2) is 42.3 Å².